The van der Waals surface area contributed by atoms with E-state index in [9.17, 15) is 13.2 Å². The summed E-state index contributed by atoms with van der Waals surface area (Å²) in [6.07, 6.45) is 0.369. The van der Waals surface area contributed by atoms with Crippen molar-refractivity contribution in [3.63, 3.8) is 0 Å². The van der Waals surface area contributed by atoms with Gasteiger partial charge in [0.1, 0.15) is 0 Å². The van der Waals surface area contributed by atoms with E-state index >= 15 is 0 Å². The molecule has 2 aromatic carbocycles. The van der Waals surface area contributed by atoms with Crippen LogP contribution in [0.2, 0.25) is 0 Å². The third kappa shape index (κ3) is 6.17. The lowest BCUT2D eigenvalue weighted by Gasteiger charge is -2.09. The van der Waals surface area contributed by atoms with Crippen LogP contribution in [0.5, 0.6) is 0 Å². The second-order valence-electron chi connectivity index (χ2n) is 6.79. The molecule has 0 saturated heterocycles. The molecule has 0 amide bonds. The summed E-state index contributed by atoms with van der Waals surface area (Å²) >= 11 is 0. The number of alkyl halides is 3. The minimum absolute atomic E-state index is 0.634. The minimum atomic E-state index is -4.31. The summed E-state index contributed by atoms with van der Waals surface area (Å²) in [5.74, 6) is 0. The lowest BCUT2D eigenvalue weighted by molar-refractivity contribution is -0.137. The van der Waals surface area contributed by atoms with Gasteiger partial charge in [-0.25, -0.2) is 4.98 Å². The fraction of sp³-hybridized carbons (Fsp3) is 0.318. The van der Waals surface area contributed by atoms with Crippen molar-refractivity contribution in [2.75, 3.05) is 20.3 Å². The third-order valence-electron chi connectivity index (χ3n) is 4.63. The van der Waals surface area contributed by atoms with Gasteiger partial charge in [-0.1, -0.05) is 36.4 Å². The van der Waals surface area contributed by atoms with E-state index in [1.165, 1.54) is 12.1 Å². The Morgan fingerprint density at radius 3 is 2.28 bits per heavy atom. The molecule has 7 heteroatoms. The van der Waals surface area contributed by atoms with Crippen molar-refractivity contribution in [2.24, 2.45) is 0 Å². The van der Waals surface area contributed by atoms with Crippen LogP contribution in [-0.4, -0.2) is 29.8 Å². The molecule has 0 spiro atoms. The average molecular weight is 403 g/mol. The zero-order valence-electron chi connectivity index (χ0n) is 16.2. The van der Waals surface area contributed by atoms with Gasteiger partial charge in [0.25, 0.3) is 0 Å². The van der Waals surface area contributed by atoms with Crippen molar-refractivity contribution in [3.05, 3.63) is 77.9 Å². The van der Waals surface area contributed by atoms with E-state index in [1.807, 2.05) is 41.4 Å². The molecule has 29 heavy (non-hydrogen) atoms. The number of nitrogens with zero attached hydrogens (tertiary/aromatic N) is 2. The van der Waals surface area contributed by atoms with Gasteiger partial charge in [-0.3, -0.25) is 0 Å². The van der Waals surface area contributed by atoms with E-state index in [4.69, 9.17) is 4.74 Å². The standard InChI is InChI=1S/C22H24F3N3O/c1-29-13-12-28-15-21(27-16-28)10-11-26-14-17-2-4-18(5-3-17)19-6-8-20(9-7-19)22(23,24)25/h2-9,15-16,26H,10-14H2,1H3. The Labute approximate surface area is 168 Å². The lowest BCUT2D eigenvalue weighted by atomic mass is 10.0. The maximum absolute atomic E-state index is 12.7. The molecule has 0 unspecified atom stereocenters. The molecule has 3 rings (SSSR count). The zero-order chi connectivity index (χ0) is 20.7. The van der Waals surface area contributed by atoms with Crippen molar-refractivity contribution in [3.8, 4) is 11.1 Å². The van der Waals surface area contributed by atoms with Crippen LogP contribution in [0.15, 0.2) is 61.1 Å². The summed E-state index contributed by atoms with van der Waals surface area (Å²) in [5, 5.41) is 3.39. The predicted molar refractivity (Wildman–Crippen MR) is 106 cm³/mol. The monoisotopic (exact) mass is 403 g/mol. The molecule has 0 aliphatic carbocycles. The Balaban J connectivity index is 1.46. The smallest absolute Gasteiger partial charge is 0.383 e. The predicted octanol–water partition coefficient (Wildman–Crippen LogP) is 4.55. The van der Waals surface area contributed by atoms with Gasteiger partial charge < -0.3 is 14.6 Å². The summed E-state index contributed by atoms with van der Waals surface area (Å²) in [4.78, 5) is 4.38. The Bertz CT molecular complexity index is 887. The molecule has 1 heterocycles. The SMILES string of the molecule is COCCn1cnc(CCNCc2ccc(-c3ccc(C(F)(F)F)cc3)cc2)c1. The van der Waals surface area contributed by atoms with E-state index in [0.29, 0.717) is 6.61 Å². The van der Waals surface area contributed by atoms with Gasteiger partial charge in [-0.2, -0.15) is 13.2 Å². The first-order valence-corrected chi connectivity index (χ1v) is 9.42. The highest BCUT2D eigenvalue weighted by atomic mass is 19.4. The number of hydrogen-bond acceptors (Lipinski definition) is 3. The molecule has 4 nitrogen and oxygen atoms in total. The van der Waals surface area contributed by atoms with Crippen molar-refractivity contribution in [1.29, 1.82) is 0 Å². The number of imidazole rings is 1. The van der Waals surface area contributed by atoms with Gasteiger partial charge in [0.05, 0.1) is 24.2 Å². The number of benzene rings is 2. The third-order valence-corrected chi connectivity index (χ3v) is 4.63. The number of methoxy groups -OCH3 is 1. The lowest BCUT2D eigenvalue weighted by Crippen LogP contribution is -2.16. The van der Waals surface area contributed by atoms with Gasteiger partial charge >= 0.3 is 6.18 Å². The number of aromatic nitrogens is 2. The fourth-order valence-electron chi connectivity index (χ4n) is 2.97. The zero-order valence-corrected chi connectivity index (χ0v) is 16.2. The highest BCUT2D eigenvalue weighted by molar-refractivity contribution is 5.64. The van der Waals surface area contributed by atoms with Crippen LogP contribution in [0.1, 0.15) is 16.8 Å². The average Bonchev–Trinajstić information content (AvgIpc) is 3.17. The maximum atomic E-state index is 12.7. The highest BCUT2D eigenvalue weighted by Gasteiger charge is 2.29. The molecule has 0 radical (unpaired) electrons. The second kappa shape index (κ2) is 9.71. The molecule has 0 aliphatic rings. The van der Waals surface area contributed by atoms with E-state index in [-0.39, 0.29) is 0 Å². The molecule has 0 bridgehead atoms. The number of rotatable bonds is 9. The first-order chi connectivity index (χ1) is 14.0. The first kappa shape index (κ1) is 21.1. The first-order valence-electron chi connectivity index (χ1n) is 9.42. The minimum Gasteiger partial charge on any atom is -0.383 e. The molecule has 154 valence electrons. The fourth-order valence-corrected chi connectivity index (χ4v) is 2.97. The van der Waals surface area contributed by atoms with Crippen LogP contribution >= 0.6 is 0 Å². The quantitative estimate of drug-likeness (QED) is 0.533. The molecule has 1 N–H and O–H groups in total. The summed E-state index contributed by atoms with van der Waals surface area (Å²) in [6, 6.07) is 13.1. The topological polar surface area (TPSA) is 39.1 Å². The molecular formula is C22H24F3N3O. The van der Waals surface area contributed by atoms with Gasteiger partial charge in [0, 0.05) is 39.4 Å². The van der Waals surface area contributed by atoms with Crippen LogP contribution < -0.4 is 5.32 Å². The maximum Gasteiger partial charge on any atom is 0.416 e. The molecule has 3 aromatic rings. The second-order valence-corrected chi connectivity index (χ2v) is 6.79. The van der Waals surface area contributed by atoms with Crippen LogP contribution in [0.3, 0.4) is 0 Å². The molecule has 0 atom stereocenters. The van der Waals surface area contributed by atoms with Crippen LogP contribution in [0.4, 0.5) is 13.2 Å². The van der Waals surface area contributed by atoms with E-state index in [2.05, 4.69) is 10.3 Å². The summed E-state index contributed by atoms with van der Waals surface area (Å²) < 4.78 is 45.1. The Morgan fingerprint density at radius 1 is 1.00 bits per heavy atom. The molecule has 0 saturated carbocycles. The summed E-state index contributed by atoms with van der Waals surface area (Å²) in [6.45, 7) is 2.98. The van der Waals surface area contributed by atoms with Gasteiger partial charge in [-0.15, -0.1) is 0 Å². The van der Waals surface area contributed by atoms with Crippen molar-refractivity contribution < 1.29 is 17.9 Å². The van der Waals surface area contributed by atoms with Crippen LogP contribution in [-0.2, 0) is 30.4 Å². The van der Waals surface area contributed by atoms with Crippen molar-refractivity contribution >= 4 is 0 Å². The van der Waals surface area contributed by atoms with E-state index in [0.717, 1.165) is 60.6 Å². The normalized spacial score (nSPS) is 11.7. The van der Waals surface area contributed by atoms with Gasteiger partial charge in [0.15, 0.2) is 0 Å². The van der Waals surface area contributed by atoms with Crippen molar-refractivity contribution in [2.45, 2.75) is 25.7 Å². The van der Waals surface area contributed by atoms with E-state index in [1.54, 1.807) is 7.11 Å². The van der Waals surface area contributed by atoms with Crippen molar-refractivity contribution in [1.82, 2.24) is 14.9 Å². The highest BCUT2D eigenvalue weighted by Crippen LogP contribution is 2.31. The van der Waals surface area contributed by atoms with E-state index < -0.39 is 11.7 Å². The molecular weight excluding hydrogens is 379 g/mol. The summed E-state index contributed by atoms with van der Waals surface area (Å²) in [7, 11) is 1.68. The Morgan fingerprint density at radius 2 is 1.66 bits per heavy atom. The molecule has 0 aliphatic heterocycles. The van der Waals surface area contributed by atoms with Gasteiger partial charge in [-0.05, 0) is 28.8 Å². The number of nitrogens with one attached hydrogen (secondary N) is 1. The van der Waals surface area contributed by atoms with Crippen LogP contribution in [0, 0.1) is 0 Å². The number of halogens is 3. The number of hydrogen-bond donors (Lipinski definition) is 1. The number of ether oxygens (including phenoxy) is 1. The van der Waals surface area contributed by atoms with Gasteiger partial charge in [0.2, 0.25) is 0 Å². The Kier molecular flexibility index (Phi) is 7.06. The van der Waals surface area contributed by atoms with Crippen LogP contribution in [0.25, 0.3) is 11.1 Å². The Hall–Kier alpha value is -2.64. The molecule has 1 aromatic heterocycles. The largest absolute Gasteiger partial charge is 0.416 e. The summed E-state index contributed by atoms with van der Waals surface area (Å²) in [5.41, 5.74) is 3.17. The molecule has 0 fully saturated rings.